The molecule has 2 aromatic heterocycles. The molecule has 1 fully saturated rings. The lowest BCUT2D eigenvalue weighted by Crippen LogP contribution is -2.35. The summed E-state index contributed by atoms with van der Waals surface area (Å²) in [7, 11) is 3.82. The van der Waals surface area contributed by atoms with E-state index in [1.165, 1.54) is 4.90 Å². The van der Waals surface area contributed by atoms with Gasteiger partial charge in [-0.2, -0.15) is 0 Å². The number of nitrogens with zero attached hydrogens (tertiary/aromatic N) is 4. The molecule has 3 aromatic rings. The number of aliphatic hydroxyl groups is 1. The number of benzene rings is 1. The van der Waals surface area contributed by atoms with E-state index >= 15 is 0 Å². The number of aryl methyl sites for hydroxylation is 1. The number of carbonyl (C=O) groups excluding carboxylic acids is 2. The predicted octanol–water partition coefficient (Wildman–Crippen LogP) is 3.80. The van der Waals surface area contributed by atoms with Gasteiger partial charge in [-0.15, -0.1) is 0 Å². The lowest BCUT2D eigenvalue weighted by molar-refractivity contribution is -0.140. The molecule has 8 nitrogen and oxygen atoms in total. The fourth-order valence-electron chi connectivity index (χ4n) is 4.40. The Bertz CT molecular complexity index is 1280. The zero-order chi connectivity index (χ0) is 25.1. The van der Waals surface area contributed by atoms with E-state index in [4.69, 9.17) is 4.74 Å². The molecule has 184 valence electrons. The minimum Gasteiger partial charge on any atom is -0.505 e. The van der Waals surface area contributed by atoms with Crippen molar-refractivity contribution >= 4 is 23.1 Å². The van der Waals surface area contributed by atoms with Crippen LogP contribution in [-0.2, 0) is 9.59 Å². The first kappa shape index (κ1) is 24.5. The van der Waals surface area contributed by atoms with Gasteiger partial charge in [0, 0.05) is 19.3 Å². The van der Waals surface area contributed by atoms with Gasteiger partial charge in [0.25, 0.3) is 11.7 Å². The number of pyridine rings is 1. The summed E-state index contributed by atoms with van der Waals surface area (Å²) in [5.41, 5.74) is 2.41. The van der Waals surface area contributed by atoms with E-state index in [2.05, 4.69) is 11.9 Å². The van der Waals surface area contributed by atoms with Crippen molar-refractivity contribution in [2.75, 3.05) is 33.8 Å². The topological polar surface area (TPSA) is 87.4 Å². The Balaban J connectivity index is 1.86. The van der Waals surface area contributed by atoms with Crippen LogP contribution in [0.1, 0.15) is 42.8 Å². The maximum absolute atomic E-state index is 13.3. The number of imidazole rings is 1. The normalized spacial score (nSPS) is 17.6. The number of aliphatic hydroxyl groups excluding tert-OH is 1. The molecule has 1 amide bonds. The summed E-state index contributed by atoms with van der Waals surface area (Å²) in [6, 6.07) is 12.2. The van der Waals surface area contributed by atoms with Crippen LogP contribution in [0.5, 0.6) is 5.75 Å². The highest BCUT2D eigenvalue weighted by molar-refractivity contribution is 6.46. The average molecular weight is 477 g/mol. The van der Waals surface area contributed by atoms with Gasteiger partial charge in [0.05, 0.1) is 23.9 Å². The second-order valence-corrected chi connectivity index (χ2v) is 9.04. The SMILES string of the molecule is CCCCOc1cccc(C2/C(=C(\O)c3c(C)nc4ccccn34)C(=O)C(=O)N2CCN(C)C)c1. The number of ether oxygens (including phenoxy) is 1. The molecule has 1 unspecified atom stereocenters. The molecule has 4 rings (SSSR count). The van der Waals surface area contributed by atoms with Crippen molar-refractivity contribution in [3.63, 3.8) is 0 Å². The number of likely N-dealkylation sites (tertiary alicyclic amines) is 1. The summed E-state index contributed by atoms with van der Waals surface area (Å²) < 4.78 is 7.62. The van der Waals surface area contributed by atoms with Crippen molar-refractivity contribution in [2.45, 2.75) is 32.7 Å². The molecule has 3 heterocycles. The van der Waals surface area contributed by atoms with Crippen molar-refractivity contribution in [2.24, 2.45) is 0 Å². The van der Waals surface area contributed by atoms with E-state index in [9.17, 15) is 14.7 Å². The number of amides is 1. The fourth-order valence-corrected chi connectivity index (χ4v) is 4.40. The largest absolute Gasteiger partial charge is 0.505 e. The van der Waals surface area contributed by atoms with Crippen LogP contribution in [0.4, 0.5) is 0 Å². The Morgan fingerprint density at radius 3 is 2.71 bits per heavy atom. The van der Waals surface area contributed by atoms with Crippen molar-refractivity contribution in [1.29, 1.82) is 0 Å². The van der Waals surface area contributed by atoms with Gasteiger partial charge in [-0.25, -0.2) is 4.98 Å². The molecule has 8 heteroatoms. The molecular formula is C27H32N4O4. The van der Waals surface area contributed by atoms with Crippen LogP contribution in [-0.4, -0.2) is 69.8 Å². The highest BCUT2D eigenvalue weighted by atomic mass is 16.5. The van der Waals surface area contributed by atoms with E-state index in [0.717, 1.165) is 12.8 Å². The van der Waals surface area contributed by atoms with Gasteiger partial charge in [0.15, 0.2) is 5.76 Å². The van der Waals surface area contributed by atoms with Crippen LogP contribution < -0.4 is 4.74 Å². The molecule has 1 aromatic carbocycles. The van der Waals surface area contributed by atoms with Crippen LogP contribution in [0.15, 0.2) is 54.2 Å². The van der Waals surface area contributed by atoms with E-state index in [-0.39, 0.29) is 11.3 Å². The molecule has 1 aliphatic rings. The smallest absolute Gasteiger partial charge is 0.295 e. The van der Waals surface area contributed by atoms with Crippen LogP contribution in [0.2, 0.25) is 0 Å². The number of carbonyl (C=O) groups is 2. The van der Waals surface area contributed by atoms with Gasteiger partial charge in [-0.05, 0) is 57.3 Å². The minimum atomic E-state index is -0.738. The number of rotatable bonds is 9. The summed E-state index contributed by atoms with van der Waals surface area (Å²) in [4.78, 5) is 34.5. The third kappa shape index (κ3) is 4.79. The molecule has 35 heavy (non-hydrogen) atoms. The maximum atomic E-state index is 13.3. The van der Waals surface area contributed by atoms with Crippen molar-refractivity contribution in [3.8, 4) is 5.75 Å². The second kappa shape index (κ2) is 10.3. The number of likely N-dealkylation sites (N-methyl/N-ethyl adjacent to an activating group) is 1. The summed E-state index contributed by atoms with van der Waals surface area (Å²) in [6.45, 7) is 5.38. The van der Waals surface area contributed by atoms with Crippen molar-refractivity contribution in [1.82, 2.24) is 19.2 Å². The first-order chi connectivity index (χ1) is 16.8. The van der Waals surface area contributed by atoms with Gasteiger partial charge in [0.1, 0.15) is 17.1 Å². The second-order valence-electron chi connectivity index (χ2n) is 9.04. The molecule has 1 aliphatic heterocycles. The number of unbranched alkanes of at least 4 members (excludes halogenated alkanes) is 1. The highest BCUT2D eigenvalue weighted by Gasteiger charge is 2.46. The van der Waals surface area contributed by atoms with Gasteiger partial charge in [-0.3, -0.25) is 14.0 Å². The zero-order valence-electron chi connectivity index (χ0n) is 20.7. The predicted molar refractivity (Wildman–Crippen MR) is 134 cm³/mol. The Morgan fingerprint density at radius 1 is 1.17 bits per heavy atom. The van der Waals surface area contributed by atoms with Crippen LogP contribution >= 0.6 is 0 Å². The van der Waals surface area contributed by atoms with Crippen LogP contribution in [0.3, 0.4) is 0 Å². The Morgan fingerprint density at radius 2 is 1.97 bits per heavy atom. The van der Waals surface area contributed by atoms with Crippen LogP contribution in [0.25, 0.3) is 11.4 Å². The standard InChI is InChI=1S/C27H32N4O4/c1-5-6-16-35-20-11-9-10-19(17-20)24-22(26(33)27(34)31(24)15-14-29(3)4)25(32)23-18(2)28-21-12-7-8-13-30(21)23/h7-13,17,24,32H,5-6,14-16H2,1-4H3/b25-22+. The van der Waals surface area contributed by atoms with Crippen LogP contribution in [0, 0.1) is 6.92 Å². The number of hydrogen-bond donors (Lipinski definition) is 1. The third-order valence-electron chi connectivity index (χ3n) is 6.20. The summed E-state index contributed by atoms with van der Waals surface area (Å²) >= 11 is 0. The molecule has 1 atom stereocenters. The first-order valence-electron chi connectivity index (χ1n) is 11.9. The summed E-state index contributed by atoms with van der Waals surface area (Å²) in [5.74, 6) is -0.884. The van der Waals surface area contributed by atoms with Gasteiger partial charge in [0.2, 0.25) is 0 Å². The number of hydrogen-bond acceptors (Lipinski definition) is 6. The van der Waals surface area contributed by atoms with Crippen molar-refractivity contribution < 1.29 is 19.4 Å². The van der Waals surface area contributed by atoms with Gasteiger partial charge in [-0.1, -0.05) is 31.5 Å². The van der Waals surface area contributed by atoms with E-state index in [1.54, 1.807) is 17.5 Å². The van der Waals surface area contributed by atoms with Gasteiger partial charge < -0.3 is 19.6 Å². The summed E-state index contributed by atoms with van der Waals surface area (Å²) in [6.07, 6.45) is 3.73. The minimum absolute atomic E-state index is 0.0632. The number of Topliss-reactive ketones (excluding diaryl/α,β-unsaturated/α-hetero) is 1. The third-order valence-corrected chi connectivity index (χ3v) is 6.20. The fraction of sp³-hybridized carbons (Fsp3) is 0.370. The average Bonchev–Trinajstić information content (AvgIpc) is 3.30. The first-order valence-corrected chi connectivity index (χ1v) is 11.9. The summed E-state index contributed by atoms with van der Waals surface area (Å²) in [5, 5.41) is 11.5. The molecule has 0 spiro atoms. The lowest BCUT2D eigenvalue weighted by atomic mass is 9.96. The van der Waals surface area contributed by atoms with Gasteiger partial charge >= 0.3 is 0 Å². The van der Waals surface area contributed by atoms with E-state index in [1.807, 2.05) is 61.5 Å². The molecule has 0 saturated carbocycles. The Kier molecular flexibility index (Phi) is 7.21. The lowest BCUT2D eigenvalue weighted by Gasteiger charge is -2.27. The monoisotopic (exact) mass is 476 g/mol. The van der Waals surface area contributed by atoms with E-state index in [0.29, 0.717) is 48.0 Å². The quantitative estimate of drug-likeness (QED) is 0.219. The van der Waals surface area contributed by atoms with Crippen molar-refractivity contribution in [3.05, 3.63) is 71.2 Å². The molecule has 1 N–H and O–H groups in total. The number of aromatic nitrogens is 2. The number of fused-ring (bicyclic) bond motifs is 1. The highest BCUT2D eigenvalue weighted by Crippen LogP contribution is 2.40. The molecule has 0 aliphatic carbocycles. The molecular weight excluding hydrogens is 444 g/mol. The Labute approximate surface area is 205 Å². The molecule has 0 bridgehead atoms. The number of ketones is 1. The maximum Gasteiger partial charge on any atom is 0.295 e. The zero-order valence-corrected chi connectivity index (χ0v) is 20.7. The molecule has 1 saturated heterocycles. The van der Waals surface area contributed by atoms with E-state index < -0.39 is 17.7 Å². The molecule has 0 radical (unpaired) electrons. The Hall–Kier alpha value is -3.65.